The van der Waals surface area contributed by atoms with E-state index in [-0.39, 0.29) is 5.88 Å². The van der Waals surface area contributed by atoms with Gasteiger partial charge in [-0.1, -0.05) is 29.8 Å². The van der Waals surface area contributed by atoms with Crippen LogP contribution in [-0.2, 0) is 6.42 Å². The number of tetrazole rings is 1. The van der Waals surface area contributed by atoms with Gasteiger partial charge in [-0.25, -0.2) is 4.98 Å². The highest BCUT2D eigenvalue weighted by atomic mass is 16.3. The summed E-state index contributed by atoms with van der Waals surface area (Å²) in [6.07, 6.45) is 2.25. The van der Waals surface area contributed by atoms with Gasteiger partial charge < -0.3 is 5.11 Å². The average Bonchev–Trinajstić information content (AvgIpc) is 3.25. The number of hydrogen-bond donors (Lipinski definition) is 2. The number of nitrogens with zero attached hydrogens (tertiary/aromatic N) is 6. The molecule has 3 heterocycles. The van der Waals surface area contributed by atoms with Gasteiger partial charge >= 0.3 is 0 Å². The highest BCUT2D eigenvalue weighted by molar-refractivity contribution is 5.56. The molecule has 0 atom stereocenters. The van der Waals surface area contributed by atoms with Crippen molar-refractivity contribution in [1.82, 2.24) is 35.4 Å². The van der Waals surface area contributed by atoms with Gasteiger partial charge in [0, 0.05) is 24.2 Å². The van der Waals surface area contributed by atoms with E-state index in [1.807, 2.05) is 25.1 Å². The molecule has 0 saturated carbocycles. The third kappa shape index (κ3) is 3.09. The summed E-state index contributed by atoms with van der Waals surface area (Å²) in [5.41, 5.74) is 3.82. The molecule has 1 aromatic carbocycles. The van der Waals surface area contributed by atoms with E-state index in [1.54, 1.807) is 24.4 Å². The second-order valence-electron chi connectivity index (χ2n) is 5.71. The minimum Gasteiger partial charge on any atom is -0.493 e. The molecule has 0 aliphatic rings. The van der Waals surface area contributed by atoms with Crippen LogP contribution in [0.25, 0.3) is 17.2 Å². The number of aromatic hydroxyl groups is 1. The van der Waals surface area contributed by atoms with E-state index >= 15 is 0 Å². The molecule has 4 rings (SSSR count). The minimum absolute atomic E-state index is 0.0282. The van der Waals surface area contributed by atoms with Crippen molar-refractivity contribution in [2.45, 2.75) is 13.3 Å². The van der Waals surface area contributed by atoms with Crippen molar-refractivity contribution in [1.29, 1.82) is 0 Å². The number of benzene rings is 1. The van der Waals surface area contributed by atoms with Crippen LogP contribution in [0.3, 0.4) is 0 Å². The zero-order valence-electron chi connectivity index (χ0n) is 13.5. The smallest absolute Gasteiger partial charge is 0.215 e. The quantitative estimate of drug-likeness (QED) is 0.592. The summed E-state index contributed by atoms with van der Waals surface area (Å²) < 4.78 is 1.40. The fourth-order valence-electron chi connectivity index (χ4n) is 2.66. The molecule has 0 aliphatic heterocycles. The monoisotopic (exact) mass is 333 g/mol. The lowest BCUT2D eigenvalue weighted by Crippen LogP contribution is -2.01. The summed E-state index contributed by atoms with van der Waals surface area (Å²) >= 11 is 0. The highest BCUT2D eigenvalue weighted by Crippen LogP contribution is 2.21. The maximum atomic E-state index is 10.2. The van der Waals surface area contributed by atoms with Crippen LogP contribution in [0.1, 0.15) is 16.8 Å². The summed E-state index contributed by atoms with van der Waals surface area (Å²) in [5, 5.41) is 28.6. The molecule has 3 aromatic heterocycles. The van der Waals surface area contributed by atoms with E-state index < -0.39 is 0 Å². The summed E-state index contributed by atoms with van der Waals surface area (Å²) in [4.78, 5) is 4.27. The Bertz CT molecular complexity index is 1010. The van der Waals surface area contributed by atoms with Crippen molar-refractivity contribution in [3.8, 4) is 23.1 Å². The van der Waals surface area contributed by atoms with Crippen LogP contribution in [0.15, 0.2) is 48.7 Å². The average molecular weight is 333 g/mol. The molecule has 0 fully saturated rings. The largest absolute Gasteiger partial charge is 0.493 e. The molecule has 0 aliphatic carbocycles. The van der Waals surface area contributed by atoms with Crippen LogP contribution in [0.2, 0.25) is 0 Å². The number of rotatable bonds is 4. The lowest BCUT2D eigenvalue weighted by Gasteiger charge is -2.03. The van der Waals surface area contributed by atoms with Gasteiger partial charge in [0.1, 0.15) is 0 Å². The zero-order valence-corrected chi connectivity index (χ0v) is 13.5. The Morgan fingerprint density at radius 2 is 2.08 bits per heavy atom. The summed E-state index contributed by atoms with van der Waals surface area (Å²) in [6, 6.07) is 13.4. The van der Waals surface area contributed by atoms with Crippen LogP contribution < -0.4 is 0 Å². The number of aryl methyl sites for hydroxylation is 1. The molecular weight excluding hydrogens is 318 g/mol. The molecule has 25 heavy (non-hydrogen) atoms. The second-order valence-corrected chi connectivity index (χ2v) is 5.71. The third-order valence-corrected chi connectivity index (χ3v) is 3.77. The Kier molecular flexibility index (Phi) is 3.70. The molecule has 0 unspecified atom stereocenters. The normalized spacial score (nSPS) is 10.9. The van der Waals surface area contributed by atoms with Crippen molar-refractivity contribution >= 4 is 0 Å². The molecule has 124 valence electrons. The topological polar surface area (TPSA) is 105 Å². The van der Waals surface area contributed by atoms with Gasteiger partial charge in [0.05, 0.1) is 5.69 Å². The van der Waals surface area contributed by atoms with Crippen molar-refractivity contribution in [3.63, 3.8) is 0 Å². The molecule has 0 bridgehead atoms. The van der Waals surface area contributed by atoms with Crippen LogP contribution in [-0.4, -0.2) is 40.5 Å². The fraction of sp³-hybridized carbons (Fsp3) is 0.118. The first-order valence-corrected chi connectivity index (χ1v) is 7.73. The fourth-order valence-corrected chi connectivity index (χ4v) is 2.66. The van der Waals surface area contributed by atoms with Crippen LogP contribution in [0.5, 0.6) is 5.88 Å². The molecule has 0 radical (unpaired) electrons. The van der Waals surface area contributed by atoms with Gasteiger partial charge in [0.15, 0.2) is 5.82 Å². The van der Waals surface area contributed by atoms with E-state index in [4.69, 9.17) is 0 Å². The number of aromatic amines is 1. The molecule has 8 nitrogen and oxygen atoms in total. The van der Waals surface area contributed by atoms with Crippen LogP contribution in [0.4, 0.5) is 0 Å². The minimum atomic E-state index is 0.0282. The Morgan fingerprint density at radius 3 is 2.88 bits per heavy atom. The molecule has 0 spiro atoms. The maximum absolute atomic E-state index is 10.2. The van der Waals surface area contributed by atoms with Gasteiger partial charge in [0.25, 0.3) is 0 Å². The predicted octanol–water partition coefficient (Wildman–Crippen LogP) is 2.05. The van der Waals surface area contributed by atoms with Crippen LogP contribution >= 0.6 is 0 Å². The standard InChI is InChI=1S/C17H15N7O/c1-11-3-2-4-12(7-11)8-14-10-16(25)24(21-14)15-9-13(5-6-18-15)17-19-22-23-20-17/h2-7,9-10,25H,8H2,1H3,(H,19,20,22,23). The van der Waals surface area contributed by atoms with E-state index in [2.05, 4.69) is 36.8 Å². The summed E-state index contributed by atoms with van der Waals surface area (Å²) in [6.45, 7) is 2.05. The number of H-pyrrole nitrogens is 1. The lowest BCUT2D eigenvalue weighted by molar-refractivity contribution is 0.432. The zero-order chi connectivity index (χ0) is 17.2. The first kappa shape index (κ1) is 15.0. The highest BCUT2D eigenvalue weighted by Gasteiger charge is 2.12. The molecule has 8 heteroatoms. The van der Waals surface area contributed by atoms with Gasteiger partial charge in [-0.2, -0.15) is 15.0 Å². The first-order chi connectivity index (χ1) is 12.2. The number of aromatic nitrogens is 7. The Labute approximate surface area is 143 Å². The Hall–Kier alpha value is -3.55. The lowest BCUT2D eigenvalue weighted by atomic mass is 10.1. The second kappa shape index (κ2) is 6.16. The SMILES string of the molecule is Cc1cccc(Cc2cc(O)n(-c3cc(-c4nn[nH]n4)ccn3)n2)c1. The van der Waals surface area contributed by atoms with Crippen molar-refractivity contribution in [2.24, 2.45) is 0 Å². The number of nitrogens with one attached hydrogen (secondary N) is 1. The van der Waals surface area contributed by atoms with Crippen molar-refractivity contribution in [3.05, 3.63) is 65.5 Å². The molecule has 0 amide bonds. The van der Waals surface area contributed by atoms with E-state index in [0.717, 1.165) is 16.8 Å². The summed E-state index contributed by atoms with van der Waals surface area (Å²) in [5.74, 6) is 0.964. The van der Waals surface area contributed by atoms with Gasteiger partial charge in [-0.05, 0) is 29.8 Å². The Morgan fingerprint density at radius 1 is 1.16 bits per heavy atom. The molecular formula is C17H15N7O. The molecule has 2 N–H and O–H groups in total. The predicted molar refractivity (Wildman–Crippen MR) is 90.2 cm³/mol. The maximum Gasteiger partial charge on any atom is 0.215 e. The third-order valence-electron chi connectivity index (χ3n) is 3.77. The molecule has 4 aromatic rings. The molecule has 0 saturated heterocycles. The van der Waals surface area contributed by atoms with Crippen molar-refractivity contribution in [2.75, 3.05) is 0 Å². The van der Waals surface area contributed by atoms with Crippen LogP contribution in [0, 0.1) is 6.92 Å². The summed E-state index contributed by atoms with van der Waals surface area (Å²) in [7, 11) is 0. The van der Waals surface area contributed by atoms with Gasteiger partial charge in [-0.3, -0.25) is 0 Å². The van der Waals surface area contributed by atoms with Crippen molar-refractivity contribution < 1.29 is 5.11 Å². The number of hydrogen-bond acceptors (Lipinski definition) is 6. The first-order valence-electron chi connectivity index (χ1n) is 7.73. The van der Waals surface area contributed by atoms with E-state index in [0.29, 0.717) is 18.1 Å². The van der Waals surface area contributed by atoms with E-state index in [1.165, 1.54) is 10.2 Å². The number of pyridine rings is 1. The van der Waals surface area contributed by atoms with Gasteiger partial charge in [0.2, 0.25) is 11.7 Å². The van der Waals surface area contributed by atoms with Gasteiger partial charge in [-0.15, -0.1) is 10.2 Å². The van der Waals surface area contributed by atoms with E-state index in [9.17, 15) is 5.11 Å². The Balaban J connectivity index is 1.65.